The fourth-order valence-electron chi connectivity index (χ4n) is 3.64. The first-order chi connectivity index (χ1) is 13.1. The minimum absolute atomic E-state index is 0.00132. The van der Waals surface area contributed by atoms with Gasteiger partial charge in [0.25, 0.3) is 5.91 Å². The summed E-state index contributed by atoms with van der Waals surface area (Å²) in [7, 11) is 0. The second kappa shape index (κ2) is 7.42. The predicted molar refractivity (Wildman–Crippen MR) is 113 cm³/mol. The van der Waals surface area contributed by atoms with Gasteiger partial charge in [0.15, 0.2) is 0 Å². The van der Waals surface area contributed by atoms with E-state index in [1.165, 1.54) is 5.56 Å². The van der Waals surface area contributed by atoms with Crippen molar-refractivity contribution in [3.05, 3.63) is 101 Å². The van der Waals surface area contributed by atoms with Crippen molar-refractivity contribution in [1.29, 1.82) is 0 Å². The predicted octanol–water partition coefficient (Wildman–Crippen LogP) is 5.86. The van der Waals surface area contributed by atoms with Crippen LogP contribution in [0, 0.1) is 0 Å². The number of halogens is 1. The zero-order valence-corrected chi connectivity index (χ0v) is 15.9. The zero-order chi connectivity index (χ0) is 18.8. The SMILES string of the molecule is C[C@H]1Cc2ccccc2N1C(=O)/C(=C/c1ccccc1Cl)c1ccccc1. The highest BCUT2D eigenvalue weighted by molar-refractivity contribution is 6.34. The number of hydrogen-bond donors (Lipinski definition) is 0. The summed E-state index contributed by atoms with van der Waals surface area (Å²) in [6.07, 6.45) is 2.77. The highest BCUT2D eigenvalue weighted by atomic mass is 35.5. The van der Waals surface area contributed by atoms with E-state index in [-0.39, 0.29) is 11.9 Å². The van der Waals surface area contributed by atoms with Crippen molar-refractivity contribution in [2.75, 3.05) is 4.90 Å². The summed E-state index contributed by atoms with van der Waals surface area (Å²) in [6, 6.07) is 25.6. The summed E-state index contributed by atoms with van der Waals surface area (Å²) in [5.74, 6) is -0.00132. The molecule has 1 aliphatic rings. The number of nitrogens with zero attached hydrogens (tertiary/aromatic N) is 1. The van der Waals surface area contributed by atoms with Gasteiger partial charge in [-0.3, -0.25) is 4.79 Å². The molecule has 0 saturated carbocycles. The maximum atomic E-state index is 13.6. The third kappa shape index (κ3) is 3.41. The van der Waals surface area contributed by atoms with Crippen LogP contribution in [0.2, 0.25) is 5.02 Å². The van der Waals surface area contributed by atoms with Gasteiger partial charge in [-0.1, -0.05) is 78.3 Å². The molecule has 4 rings (SSSR count). The second-order valence-corrected chi connectivity index (χ2v) is 7.21. The highest BCUT2D eigenvalue weighted by Crippen LogP contribution is 2.35. The summed E-state index contributed by atoms with van der Waals surface area (Å²) in [5.41, 5.74) is 4.58. The summed E-state index contributed by atoms with van der Waals surface area (Å²) in [5, 5.41) is 0.633. The molecule has 1 atom stereocenters. The standard InChI is InChI=1S/C24H20ClNO/c1-17-15-20-12-6-8-14-23(20)26(17)24(27)21(18-9-3-2-4-10-18)16-19-11-5-7-13-22(19)25/h2-14,16-17H,15H2,1H3/b21-16+/t17-/m0/s1. The Kier molecular flexibility index (Phi) is 4.83. The zero-order valence-electron chi connectivity index (χ0n) is 15.1. The van der Waals surface area contributed by atoms with Crippen LogP contribution in [0.3, 0.4) is 0 Å². The number of para-hydroxylation sites is 1. The molecule has 3 aromatic carbocycles. The molecule has 0 aliphatic carbocycles. The second-order valence-electron chi connectivity index (χ2n) is 6.80. The van der Waals surface area contributed by atoms with Crippen LogP contribution in [0.5, 0.6) is 0 Å². The Morgan fingerprint density at radius 3 is 2.41 bits per heavy atom. The first kappa shape index (κ1) is 17.6. The van der Waals surface area contributed by atoms with Crippen LogP contribution in [0.4, 0.5) is 5.69 Å². The van der Waals surface area contributed by atoms with Crippen LogP contribution in [0.1, 0.15) is 23.6 Å². The van der Waals surface area contributed by atoms with E-state index in [9.17, 15) is 4.79 Å². The molecule has 0 radical (unpaired) electrons. The van der Waals surface area contributed by atoms with Gasteiger partial charge in [-0.25, -0.2) is 0 Å². The molecule has 0 spiro atoms. The largest absolute Gasteiger partial charge is 0.305 e. The van der Waals surface area contributed by atoms with E-state index >= 15 is 0 Å². The van der Waals surface area contributed by atoms with Gasteiger partial charge in [0.1, 0.15) is 0 Å². The number of carbonyl (C=O) groups is 1. The molecule has 3 aromatic rings. The number of anilines is 1. The van der Waals surface area contributed by atoms with Gasteiger partial charge in [0.2, 0.25) is 0 Å². The summed E-state index contributed by atoms with van der Waals surface area (Å²) in [4.78, 5) is 15.6. The molecule has 0 saturated heterocycles. The molecule has 0 fully saturated rings. The quantitative estimate of drug-likeness (QED) is 0.416. The average molecular weight is 374 g/mol. The monoisotopic (exact) mass is 373 g/mol. The van der Waals surface area contributed by atoms with Crippen molar-refractivity contribution in [2.45, 2.75) is 19.4 Å². The number of fused-ring (bicyclic) bond motifs is 1. The van der Waals surface area contributed by atoms with E-state index in [1.54, 1.807) is 0 Å². The minimum Gasteiger partial charge on any atom is -0.305 e. The molecule has 1 amide bonds. The molecule has 27 heavy (non-hydrogen) atoms. The van der Waals surface area contributed by atoms with Crippen molar-refractivity contribution in [1.82, 2.24) is 0 Å². The van der Waals surface area contributed by atoms with Crippen molar-refractivity contribution in [3.63, 3.8) is 0 Å². The normalized spacial score (nSPS) is 16.3. The molecule has 3 heteroatoms. The van der Waals surface area contributed by atoms with Gasteiger partial charge >= 0.3 is 0 Å². The third-order valence-corrected chi connectivity index (χ3v) is 5.29. The summed E-state index contributed by atoms with van der Waals surface area (Å²) < 4.78 is 0. The topological polar surface area (TPSA) is 20.3 Å². The third-order valence-electron chi connectivity index (χ3n) is 4.95. The molecule has 1 heterocycles. The van der Waals surface area contributed by atoms with E-state index in [0.717, 1.165) is 23.2 Å². The van der Waals surface area contributed by atoms with E-state index in [2.05, 4.69) is 13.0 Å². The van der Waals surface area contributed by atoms with Gasteiger partial charge in [-0.05, 0) is 48.2 Å². The lowest BCUT2D eigenvalue weighted by Gasteiger charge is -2.24. The van der Waals surface area contributed by atoms with Crippen LogP contribution in [-0.4, -0.2) is 11.9 Å². The van der Waals surface area contributed by atoms with Crippen molar-refractivity contribution in [2.24, 2.45) is 0 Å². The molecule has 0 unspecified atom stereocenters. The Hall–Kier alpha value is -2.84. The molecule has 2 nitrogen and oxygen atoms in total. The van der Waals surface area contributed by atoms with Crippen LogP contribution >= 0.6 is 11.6 Å². The first-order valence-electron chi connectivity index (χ1n) is 9.08. The fraction of sp³-hybridized carbons (Fsp3) is 0.125. The van der Waals surface area contributed by atoms with E-state index in [1.807, 2.05) is 83.8 Å². The maximum Gasteiger partial charge on any atom is 0.259 e. The smallest absolute Gasteiger partial charge is 0.259 e. The van der Waals surface area contributed by atoms with Gasteiger partial charge < -0.3 is 4.90 Å². The average Bonchev–Trinajstić information content (AvgIpc) is 3.03. The van der Waals surface area contributed by atoms with Crippen molar-refractivity contribution < 1.29 is 4.79 Å². The van der Waals surface area contributed by atoms with Gasteiger partial charge in [-0.2, -0.15) is 0 Å². The number of benzene rings is 3. The van der Waals surface area contributed by atoms with Crippen LogP contribution in [0.15, 0.2) is 78.9 Å². The number of hydrogen-bond acceptors (Lipinski definition) is 1. The van der Waals surface area contributed by atoms with E-state index < -0.39 is 0 Å². The lowest BCUT2D eigenvalue weighted by atomic mass is 10.0. The van der Waals surface area contributed by atoms with Crippen molar-refractivity contribution in [3.8, 4) is 0 Å². The van der Waals surface area contributed by atoms with Gasteiger partial charge in [-0.15, -0.1) is 0 Å². The Morgan fingerprint density at radius 1 is 0.963 bits per heavy atom. The molecule has 134 valence electrons. The Balaban J connectivity index is 1.82. The number of carbonyl (C=O) groups excluding carboxylic acids is 1. The fourth-order valence-corrected chi connectivity index (χ4v) is 3.83. The number of rotatable bonds is 3. The Morgan fingerprint density at radius 2 is 1.63 bits per heavy atom. The molecule has 0 bridgehead atoms. The highest BCUT2D eigenvalue weighted by Gasteiger charge is 2.32. The molecular weight excluding hydrogens is 354 g/mol. The van der Waals surface area contributed by atoms with Crippen LogP contribution in [-0.2, 0) is 11.2 Å². The summed E-state index contributed by atoms with van der Waals surface area (Å²) >= 11 is 6.36. The number of amides is 1. The molecule has 0 aromatic heterocycles. The molecule has 0 N–H and O–H groups in total. The lowest BCUT2D eigenvalue weighted by Crippen LogP contribution is -2.36. The van der Waals surface area contributed by atoms with E-state index in [4.69, 9.17) is 11.6 Å². The van der Waals surface area contributed by atoms with Gasteiger partial charge in [0, 0.05) is 22.3 Å². The first-order valence-corrected chi connectivity index (χ1v) is 9.46. The lowest BCUT2D eigenvalue weighted by molar-refractivity contribution is -0.113. The molecular formula is C24H20ClNO. The van der Waals surface area contributed by atoms with Crippen LogP contribution < -0.4 is 4.90 Å². The van der Waals surface area contributed by atoms with E-state index in [0.29, 0.717) is 10.6 Å². The maximum absolute atomic E-state index is 13.6. The Bertz CT molecular complexity index is 1010. The summed E-state index contributed by atoms with van der Waals surface area (Å²) in [6.45, 7) is 2.09. The van der Waals surface area contributed by atoms with Gasteiger partial charge in [0.05, 0.1) is 0 Å². The van der Waals surface area contributed by atoms with Crippen molar-refractivity contribution >= 4 is 34.8 Å². The molecule has 1 aliphatic heterocycles. The minimum atomic E-state index is -0.00132. The van der Waals surface area contributed by atoms with Crippen LogP contribution in [0.25, 0.3) is 11.6 Å². The Labute approximate surface area is 164 Å².